The molecule has 110 valence electrons. The minimum atomic E-state index is -0.735. The molecule has 0 saturated carbocycles. The summed E-state index contributed by atoms with van der Waals surface area (Å²) in [6.45, 7) is 0.323. The molecule has 20 heavy (non-hydrogen) atoms. The van der Waals surface area contributed by atoms with E-state index < -0.39 is 17.5 Å². The highest BCUT2D eigenvalue weighted by molar-refractivity contribution is 5.78. The van der Waals surface area contributed by atoms with Crippen molar-refractivity contribution in [3.05, 3.63) is 35.4 Å². The van der Waals surface area contributed by atoms with E-state index in [1.165, 1.54) is 25.1 Å². The van der Waals surface area contributed by atoms with Crippen molar-refractivity contribution in [1.82, 2.24) is 4.90 Å². The van der Waals surface area contributed by atoms with Gasteiger partial charge in [0.2, 0.25) is 5.91 Å². The van der Waals surface area contributed by atoms with Crippen LogP contribution in [0.2, 0.25) is 0 Å². The predicted octanol–water partition coefficient (Wildman–Crippen LogP) is 1.92. The van der Waals surface area contributed by atoms with Crippen LogP contribution in [0.15, 0.2) is 18.2 Å². The Kier molecular flexibility index (Phi) is 6.09. The van der Waals surface area contributed by atoms with E-state index in [0.29, 0.717) is 13.0 Å². The van der Waals surface area contributed by atoms with E-state index in [1.807, 2.05) is 0 Å². The Labute approximate surface area is 116 Å². The van der Waals surface area contributed by atoms with Gasteiger partial charge in [0.05, 0.1) is 13.5 Å². The topological polar surface area (TPSA) is 46.6 Å². The molecule has 0 aromatic heterocycles. The second-order valence-electron chi connectivity index (χ2n) is 4.37. The molecule has 0 aliphatic carbocycles. The van der Waals surface area contributed by atoms with Crippen LogP contribution < -0.4 is 0 Å². The summed E-state index contributed by atoms with van der Waals surface area (Å²) in [4.78, 5) is 24.1. The normalized spacial score (nSPS) is 10.2. The third-order valence-corrected chi connectivity index (χ3v) is 2.92. The molecule has 0 unspecified atom stereocenters. The number of rotatable bonds is 6. The average Bonchev–Trinajstić information content (AvgIpc) is 2.42. The van der Waals surface area contributed by atoms with Crippen LogP contribution >= 0.6 is 0 Å². The maximum Gasteiger partial charge on any atom is 0.305 e. The van der Waals surface area contributed by atoms with Crippen LogP contribution in [-0.2, 0) is 20.7 Å². The van der Waals surface area contributed by atoms with Crippen molar-refractivity contribution in [2.45, 2.75) is 19.3 Å². The third kappa shape index (κ3) is 4.60. The highest BCUT2D eigenvalue weighted by Crippen LogP contribution is 2.13. The van der Waals surface area contributed by atoms with Gasteiger partial charge in [0.25, 0.3) is 0 Å². The van der Waals surface area contributed by atoms with Crippen molar-refractivity contribution in [3.63, 3.8) is 0 Å². The summed E-state index contributed by atoms with van der Waals surface area (Å²) >= 11 is 0. The fourth-order valence-corrected chi connectivity index (χ4v) is 1.67. The van der Waals surface area contributed by atoms with E-state index in [2.05, 4.69) is 4.74 Å². The summed E-state index contributed by atoms with van der Waals surface area (Å²) in [7, 11) is 2.82. The minimum absolute atomic E-state index is 0.197. The fourth-order valence-electron chi connectivity index (χ4n) is 1.67. The first-order valence-corrected chi connectivity index (χ1v) is 6.19. The van der Waals surface area contributed by atoms with Gasteiger partial charge < -0.3 is 9.64 Å². The molecule has 0 atom stereocenters. The Bertz CT molecular complexity index is 471. The number of methoxy groups -OCH3 is 1. The number of carbonyl (C=O) groups excluding carboxylic acids is 2. The van der Waals surface area contributed by atoms with Crippen molar-refractivity contribution in [1.29, 1.82) is 0 Å². The van der Waals surface area contributed by atoms with Crippen LogP contribution in [0.4, 0.5) is 8.78 Å². The number of ether oxygens (including phenoxy) is 1. The number of esters is 1. The molecule has 0 heterocycles. The molecule has 0 radical (unpaired) electrons. The standard InChI is InChI=1S/C14H17F2NO3/c1-17(8-4-7-14(19)20-2)13(18)9-10-11(15)5-3-6-12(10)16/h3,5-6H,4,7-9H2,1-2H3. The van der Waals surface area contributed by atoms with E-state index in [-0.39, 0.29) is 24.4 Å². The Morgan fingerprint density at radius 1 is 1.25 bits per heavy atom. The number of benzene rings is 1. The van der Waals surface area contributed by atoms with Crippen LogP contribution in [0, 0.1) is 11.6 Å². The summed E-state index contributed by atoms with van der Waals surface area (Å²) in [5, 5.41) is 0. The van der Waals surface area contributed by atoms with Gasteiger partial charge in [-0.25, -0.2) is 8.78 Å². The molecule has 0 saturated heterocycles. The number of hydrogen-bond donors (Lipinski definition) is 0. The van der Waals surface area contributed by atoms with Crippen LogP contribution in [0.5, 0.6) is 0 Å². The lowest BCUT2D eigenvalue weighted by atomic mass is 10.1. The number of nitrogens with zero attached hydrogens (tertiary/aromatic N) is 1. The van der Waals surface area contributed by atoms with Crippen molar-refractivity contribution < 1.29 is 23.1 Å². The lowest BCUT2D eigenvalue weighted by Gasteiger charge is -2.17. The maximum absolute atomic E-state index is 13.4. The lowest BCUT2D eigenvalue weighted by Crippen LogP contribution is -2.30. The maximum atomic E-state index is 13.4. The van der Waals surface area contributed by atoms with Crippen molar-refractivity contribution >= 4 is 11.9 Å². The summed E-state index contributed by atoms with van der Waals surface area (Å²) < 4.78 is 31.3. The highest BCUT2D eigenvalue weighted by atomic mass is 19.1. The molecule has 0 bridgehead atoms. The quantitative estimate of drug-likeness (QED) is 0.750. The Morgan fingerprint density at radius 2 is 1.85 bits per heavy atom. The predicted molar refractivity (Wildman–Crippen MR) is 68.9 cm³/mol. The lowest BCUT2D eigenvalue weighted by molar-refractivity contribution is -0.141. The van der Waals surface area contributed by atoms with Crippen LogP contribution in [0.25, 0.3) is 0 Å². The number of carbonyl (C=O) groups is 2. The largest absolute Gasteiger partial charge is 0.469 e. The zero-order chi connectivity index (χ0) is 15.1. The fraction of sp³-hybridized carbons (Fsp3) is 0.429. The zero-order valence-corrected chi connectivity index (χ0v) is 11.5. The van der Waals surface area contributed by atoms with Gasteiger partial charge in [-0.1, -0.05) is 6.07 Å². The molecule has 1 rings (SSSR count). The summed E-state index contributed by atoms with van der Waals surface area (Å²) in [6, 6.07) is 3.48. The second-order valence-corrected chi connectivity index (χ2v) is 4.37. The molecular weight excluding hydrogens is 268 g/mol. The molecule has 6 heteroatoms. The molecule has 1 amide bonds. The summed E-state index contributed by atoms with van der Waals surface area (Å²) in [5.74, 6) is -2.23. The van der Waals surface area contributed by atoms with E-state index in [1.54, 1.807) is 0 Å². The van der Waals surface area contributed by atoms with Crippen LogP contribution in [0.3, 0.4) is 0 Å². The van der Waals surface area contributed by atoms with Gasteiger partial charge in [-0.3, -0.25) is 9.59 Å². The molecule has 4 nitrogen and oxygen atoms in total. The van der Waals surface area contributed by atoms with Gasteiger partial charge in [0, 0.05) is 25.6 Å². The van der Waals surface area contributed by atoms with Gasteiger partial charge in [0.1, 0.15) is 11.6 Å². The van der Waals surface area contributed by atoms with Gasteiger partial charge in [0.15, 0.2) is 0 Å². The van der Waals surface area contributed by atoms with Gasteiger partial charge in [-0.2, -0.15) is 0 Å². The SMILES string of the molecule is COC(=O)CCCN(C)C(=O)Cc1c(F)cccc1F. The van der Waals surface area contributed by atoms with Crippen LogP contribution in [-0.4, -0.2) is 37.5 Å². The van der Waals surface area contributed by atoms with E-state index >= 15 is 0 Å². The molecule has 1 aromatic rings. The average molecular weight is 285 g/mol. The molecule has 0 aliphatic rings. The first-order chi connectivity index (χ1) is 9.45. The smallest absolute Gasteiger partial charge is 0.305 e. The van der Waals surface area contributed by atoms with E-state index in [0.717, 1.165) is 12.1 Å². The molecule has 0 spiro atoms. The first kappa shape index (κ1) is 16.1. The molecule has 0 fully saturated rings. The van der Waals surface area contributed by atoms with E-state index in [4.69, 9.17) is 0 Å². The Hall–Kier alpha value is -1.98. The Balaban J connectivity index is 2.52. The highest BCUT2D eigenvalue weighted by Gasteiger charge is 2.16. The van der Waals surface area contributed by atoms with Crippen molar-refractivity contribution in [2.75, 3.05) is 20.7 Å². The van der Waals surface area contributed by atoms with Gasteiger partial charge in [-0.15, -0.1) is 0 Å². The second kappa shape index (κ2) is 7.57. The van der Waals surface area contributed by atoms with E-state index in [9.17, 15) is 18.4 Å². The Morgan fingerprint density at radius 3 is 2.40 bits per heavy atom. The first-order valence-electron chi connectivity index (χ1n) is 6.19. The monoisotopic (exact) mass is 285 g/mol. The molecule has 0 aliphatic heterocycles. The summed E-state index contributed by atoms with van der Waals surface area (Å²) in [6.07, 6.45) is 0.296. The number of halogens is 2. The zero-order valence-electron chi connectivity index (χ0n) is 11.5. The number of likely N-dealkylation sites (N-methyl/N-ethyl adjacent to an activating group) is 1. The van der Waals surface area contributed by atoms with Crippen molar-refractivity contribution in [3.8, 4) is 0 Å². The van der Waals surface area contributed by atoms with Crippen molar-refractivity contribution in [2.24, 2.45) is 0 Å². The number of amides is 1. The summed E-state index contributed by atoms with van der Waals surface area (Å²) in [5.41, 5.74) is -0.239. The molecular formula is C14H17F2NO3. The van der Waals surface area contributed by atoms with Gasteiger partial charge >= 0.3 is 5.97 Å². The van der Waals surface area contributed by atoms with Gasteiger partial charge in [-0.05, 0) is 18.6 Å². The minimum Gasteiger partial charge on any atom is -0.469 e. The molecule has 1 aromatic carbocycles. The van der Waals surface area contributed by atoms with Crippen LogP contribution in [0.1, 0.15) is 18.4 Å². The molecule has 0 N–H and O–H groups in total. The third-order valence-electron chi connectivity index (χ3n) is 2.92. The number of hydrogen-bond acceptors (Lipinski definition) is 3.